The van der Waals surface area contributed by atoms with Crippen molar-refractivity contribution in [1.82, 2.24) is 4.90 Å². The van der Waals surface area contributed by atoms with Crippen LogP contribution in [0.1, 0.15) is 29.0 Å². The van der Waals surface area contributed by atoms with Crippen molar-refractivity contribution in [3.05, 3.63) is 71.0 Å². The van der Waals surface area contributed by atoms with Crippen LogP contribution in [0.15, 0.2) is 48.5 Å². The molecule has 2 aromatic rings. The summed E-state index contributed by atoms with van der Waals surface area (Å²) in [5.74, 6) is 0.263. The van der Waals surface area contributed by atoms with Gasteiger partial charge in [-0.1, -0.05) is 49.4 Å². The van der Waals surface area contributed by atoms with Gasteiger partial charge in [-0.15, -0.1) is 11.8 Å². The van der Waals surface area contributed by atoms with Gasteiger partial charge in [-0.2, -0.15) is 0 Å². The fourth-order valence-corrected chi connectivity index (χ4v) is 3.82. The maximum atomic E-state index is 13.9. The highest BCUT2D eigenvalue weighted by Gasteiger charge is 2.33. The maximum absolute atomic E-state index is 13.9. The molecule has 4 heteroatoms. The number of rotatable bonds is 4. The van der Waals surface area contributed by atoms with Crippen molar-refractivity contribution in [2.45, 2.75) is 25.3 Å². The van der Waals surface area contributed by atoms with Gasteiger partial charge in [0, 0.05) is 12.1 Å². The van der Waals surface area contributed by atoms with Gasteiger partial charge in [0.15, 0.2) is 0 Å². The smallest absolute Gasteiger partial charge is 0.234 e. The van der Waals surface area contributed by atoms with Crippen LogP contribution in [0.2, 0.25) is 0 Å². The highest BCUT2D eigenvalue weighted by Crippen LogP contribution is 2.39. The highest BCUT2D eigenvalue weighted by molar-refractivity contribution is 8.00. The van der Waals surface area contributed by atoms with Gasteiger partial charge >= 0.3 is 0 Å². The average molecular weight is 315 g/mol. The normalized spacial score (nSPS) is 18.0. The summed E-state index contributed by atoms with van der Waals surface area (Å²) in [6.45, 7) is 2.44. The molecule has 0 aromatic heterocycles. The van der Waals surface area contributed by atoms with E-state index < -0.39 is 0 Å². The lowest BCUT2D eigenvalue weighted by Crippen LogP contribution is -2.28. The molecule has 2 nitrogen and oxygen atoms in total. The van der Waals surface area contributed by atoms with E-state index in [0.29, 0.717) is 17.9 Å². The lowest BCUT2D eigenvalue weighted by Gasteiger charge is -2.24. The van der Waals surface area contributed by atoms with Crippen LogP contribution < -0.4 is 0 Å². The van der Waals surface area contributed by atoms with Crippen LogP contribution >= 0.6 is 11.8 Å². The van der Waals surface area contributed by atoms with Gasteiger partial charge in [0.05, 0.1) is 5.75 Å². The summed E-state index contributed by atoms with van der Waals surface area (Å²) in [5, 5.41) is -0.0296. The zero-order chi connectivity index (χ0) is 15.5. The molecule has 3 rings (SSSR count). The molecular formula is C18H18FNOS. The van der Waals surface area contributed by atoms with Crippen LogP contribution in [0, 0.1) is 5.82 Å². The Kier molecular flexibility index (Phi) is 4.48. The number of hydrogen-bond donors (Lipinski definition) is 0. The molecule has 2 aromatic carbocycles. The van der Waals surface area contributed by atoms with Gasteiger partial charge in [-0.25, -0.2) is 4.39 Å². The van der Waals surface area contributed by atoms with E-state index in [-0.39, 0.29) is 17.1 Å². The molecule has 1 atom stereocenters. The Hall–Kier alpha value is -1.81. The van der Waals surface area contributed by atoms with E-state index in [0.717, 1.165) is 12.0 Å². The van der Waals surface area contributed by atoms with Crippen LogP contribution in [0.5, 0.6) is 0 Å². The summed E-state index contributed by atoms with van der Waals surface area (Å²) in [4.78, 5) is 13.9. The average Bonchev–Trinajstić information content (AvgIpc) is 2.91. The lowest BCUT2D eigenvalue weighted by molar-refractivity contribution is -0.128. The van der Waals surface area contributed by atoms with Crippen molar-refractivity contribution < 1.29 is 9.18 Å². The summed E-state index contributed by atoms with van der Waals surface area (Å²) in [5.41, 5.74) is 2.94. The monoisotopic (exact) mass is 315 g/mol. The van der Waals surface area contributed by atoms with E-state index in [1.807, 2.05) is 0 Å². The first-order chi connectivity index (χ1) is 10.7. The van der Waals surface area contributed by atoms with Crippen molar-refractivity contribution in [3.8, 4) is 0 Å². The van der Waals surface area contributed by atoms with Crippen LogP contribution in [-0.2, 0) is 17.8 Å². The predicted molar refractivity (Wildman–Crippen MR) is 88.0 cm³/mol. The first kappa shape index (κ1) is 15.1. The second-order valence-electron chi connectivity index (χ2n) is 5.37. The molecule has 1 unspecified atom stereocenters. The van der Waals surface area contributed by atoms with Gasteiger partial charge < -0.3 is 4.90 Å². The first-order valence-corrected chi connectivity index (χ1v) is 8.47. The van der Waals surface area contributed by atoms with Crippen molar-refractivity contribution >= 4 is 17.7 Å². The van der Waals surface area contributed by atoms with Crippen LogP contribution in [-0.4, -0.2) is 16.6 Å². The Morgan fingerprint density at radius 2 is 1.91 bits per heavy atom. The second-order valence-corrected chi connectivity index (χ2v) is 6.44. The van der Waals surface area contributed by atoms with Crippen molar-refractivity contribution in [2.24, 2.45) is 0 Å². The van der Waals surface area contributed by atoms with E-state index in [2.05, 4.69) is 31.2 Å². The SMILES string of the molecule is CCc1ccc(C2SCC(=O)N2Cc2ccccc2F)cc1. The number of amides is 1. The number of aryl methyl sites for hydroxylation is 1. The molecule has 0 spiro atoms. The Morgan fingerprint density at radius 1 is 1.18 bits per heavy atom. The lowest BCUT2D eigenvalue weighted by atomic mass is 10.1. The third kappa shape index (κ3) is 3.02. The quantitative estimate of drug-likeness (QED) is 0.844. The molecule has 114 valence electrons. The number of hydrogen-bond acceptors (Lipinski definition) is 2. The van der Waals surface area contributed by atoms with Crippen molar-refractivity contribution in [1.29, 1.82) is 0 Å². The van der Waals surface area contributed by atoms with Gasteiger partial charge in [0.1, 0.15) is 11.2 Å². The summed E-state index contributed by atoms with van der Waals surface area (Å²) >= 11 is 1.60. The summed E-state index contributed by atoms with van der Waals surface area (Å²) in [6.07, 6.45) is 0.996. The summed E-state index contributed by atoms with van der Waals surface area (Å²) in [6, 6.07) is 15.0. The molecule has 0 N–H and O–H groups in total. The minimum absolute atomic E-state index is 0.0296. The minimum Gasteiger partial charge on any atom is -0.321 e. The Balaban J connectivity index is 1.84. The summed E-state index contributed by atoms with van der Waals surface area (Å²) < 4.78 is 13.9. The molecule has 1 amide bonds. The Bertz CT molecular complexity index is 671. The third-order valence-electron chi connectivity index (χ3n) is 3.94. The largest absolute Gasteiger partial charge is 0.321 e. The van der Waals surface area contributed by atoms with Gasteiger partial charge in [-0.3, -0.25) is 4.79 Å². The predicted octanol–water partition coefficient (Wildman–Crippen LogP) is 4.16. The van der Waals surface area contributed by atoms with Gasteiger partial charge in [0.25, 0.3) is 0 Å². The third-order valence-corrected chi connectivity index (χ3v) is 5.20. The van der Waals surface area contributed by atoms with Crippen LogP contribution in [0.25, 0.3) is 0 Å². The highest BCUT2D eigenvalue weighted by atomic mass is 32.2. The zero-order valence-corrected chi connectivity index (χ0v) is 13.3. The van der Waals surface area contributed by atoms with Crippen molar-refractivity contribution in [3.63, 3.8) is 0 Å². The number of halogens is 1. The van der Waals surface area contributed by atoms with E-state index in [4.69, 9.17) is 0 Å². The molecular weight excluding hydrogens is 297 g/mol. The van der Waals surface area contributed by atoms with Gasteiger partial charge in [-0.05, 0) is 23.6 Å². The van der Waals surface area contributed by atoms with Gasteiger partial charge in [0.2, 0.25) is 5.91 Å². The number of carbonyl (C=O) groups excluding carboxylic acids is 1. The standard InChI is InChI=1S/C18H18FNOS/c1-2-13-7-9-14(10-8-13)18-20(17(21)12-22-18)11-15-5-3-4-6-16(15)19/h3-10,18H,2,11-12H2,1H3. The molecule has 0 aliphatic carbocycles. The minimum atomic E-state index is -0.257. The number of thioether (sulfide) groups is 1. The first-order valence-electron chi connectivity index (χ1n) is 7.42. The Labute approximate surface area is 134 Å². The van der Waals surface area contributed by atoms with E-state index in [1.165, 1.54) is 11.6 Å². The maximum Gasteiger partial charge on any atom is 0.234 e. The summed E-state index contributed by atoms with van der Waals surface area (Å²) in [7, 11) is 0. The molecule has 1 fully saturated rings. The topological polar surface area (TPSA) is 20.3 Å². The molecule has 1 aliphatic rings. The molecule has 0 radical (unpaired) electrons. The molecule has 22 heavy (non-hydrogen) atoms. The van der Waals surface area contributed by atoms with Crippen LogP contribution in [0.3, 0.4) is 0 Å². The number of nitrogens with zero attached hydrogens (tertiary/aromatic N) is 1. The molecule has 0 saturated carbocycles. The molecule has 1 heterocycles. The Morgan fingerprint density at radius 3 is 2.59 bits per heavy atom. The number of benzene rings is 2. The number of carbonyl (C=O) groups is 1. The fraction of sp³-hybridized carbons (Fsp3) is 0.278. The van der Waals surface area contributed by atoms with Crippen molar-refractivity contribution in [2.75, 3.05) is 5.75 Å². The van der Waals surface area contributed by atoms with Crippen LogP contribution in [0.4, 0.5) is 4.39 Å². The molecule has 1 saturated heterocycles. The second kappa shape index (κ2) is 6.53. The van der Waals surface area contributed by atoms with E-state index in [9.17, 15) is 9.18 Å². The fourth-order valence-electron chi connectivity index (χ4n) is 2.63. The van der Waals surface area contributed by atoms with E-state index >= 15 is 0 Å². The molecule has 1 aliphatic heterocycles. The van der Waals surface area contributed by atoms with E-state index in [1.54, 1.807) is 34.9 Å². The molecule has 0 bridgehead atoms. The zero-order valence-electron chi connectivity index (χ0n) is 12.5.